The van der Waals surface area contributed by atoms with E-state index < -0.39 is 6.04 Å². The minimum atomic E-state index is -0.451. The summed E-state index contributed by atoms with van der Waals surface area (Å²) in [4.78, 5) is 29.1. The van der Waals surface area contributed by atoms with Gasteiger partial charge in [0.15, 0.2) is 0 Å². The van der Waals surface area contributed by atoms with Crippen molar-refractivity contribution >= 4 is 17.7 Å². The molecule has 2 amide bonds. The molecular weight excluding hydrogens is 328 g/mol. The van der Waals surface area contributed by atoms with Gasteiger partial charge in [0, 0.05) is 11.6 Å². The third kappa shape index (κ3) is 1.91. The zero-order valence-corrected chi connectivity index (χ0v) is 14.5. The molecule has 0 aromatic heterocycles. The smallest absolute Gasteiger partial charge is 0.411 e. The third-order valence-corrected chi connectivity index (χ3v) is 5.96. The summed E-state index contributed by atoms with van der Waals surface area (Å²) in [7, 11) is 0. The molecule has 0 unspecified atom stereocenters. The van der Waals surface area contributed by atoms with Crippen molar-refractivity contribution in [3.63, 3.8) is 0 Å². The number of fused-ring (bicyclic) bond motifs is 3. The van der Waals surface area contributed by atoms with E-state index in [1.54, 1.807) is 4.90 Å². The fraction of sp³-hybridized carbons (Fsp3) is 0.333. The highest BCUT2D eigenvalue weighted by atomic mass is 16.6. The lowest BCUT2D eigenvalue weighted by atomic mass is 9.82. The molecule has 3 aliphatic heterocycles. The largest absolute Gasteiger partial charge is 0.447 e. The number of anilines is 1. The van der Waals surface area contributed by atoms with Gasteiger partial charge >= 0.3 is 6.09 Å². The number of para-hydroxylation sites is 1. The highest BCUT2D eigenvalue weighted by molar-refractivity contribution is 6.09. The zero-order chi connectivity index (χ0) is 17.8. The second kappa shape index (κ2) is 5.59. The Balaban J connectivity index is 1.53. The van der Waals surface area contributed by atoms with Gasteiger partial charge in [-0.25, -0.2) is 4.79 Å². The summed E-state index contributed by atoms with van der Waals surface area (Å²) < 4.78 is 5.35. The Morgan fingerprint density at radius 1 is 1.04 bits per heavy atom. The Labute approximate surface area is 152 Å². The Bertz CT molecular complexity index is 882. The van der Waals surface area contributed by atoms with Crippen LogP contribution in [-0.2, 0) is 9.53 Å². The van der Waals surface area contributed by atoms with Crippen molar-refractivity contribution in [2.45, 2.75) is 37.4 Å². The number of ether oxygens (including phenoxy) is 1. The molecular formula is C21H20N2O3. The van der Waals surface area contributed by atoms with E-state index in [2.05, 4.69) is 13.0 Å². The number of β-lactam (4-membered cyclic amide) rings is 1. The molecule has 0 radical (unpaired) electrons. The van der Waals surface area contributed by atoms with Crippen LogP contribution in [0.3, 0.4) is 0 Å². The van der Waals surface area contributed by atoms with Crippen LogP contribution in [0.25, 0.3) is 0 Å². The summed E-state index contributed by atoms with van der Waals surface area (Å²) in [5.74, 6) is 0.247. The molecule has 0 saturated carbocycles. The number of nitrogens with zero attached hydrogens (tertiary/aromatic N) is 2. The summed E-state index contributed by atoms with van der Waals surface area (Å²) >= 11 is 0. The first kappa shape index (κ1) is 15.4. The second-order valence-electron chi connectivity index (χ2n) is 7.13. The summed E-state index contributed by atoms with van der Waals surface area (Å²) in [6, 6.07) is 17.2. The van der Waals surface area contributed by atoms with Crippen LogP contribution in [0.4, 0.5) is 10.5 Å². The predicted octanol–water partition coefficient (Wildman–Crippen LogP) is 3.47. The third-order valence-electron chi connectivity index (χ3n) is 5.96. The van der Waals surface area contributed by atoms with Gasteiger partial charge in [-0.3, -0.25) is 9.69 Å². The molecule has 5 heteroatoms. The minimum Gasteiger partial charge on any atom is -0.447 e. The van der Waals surface area contributed by atoms with Crippen LogP contribution in [0.1, 0.15) is 36.4 Å². The first-order chi connectivity index (χ1) is 12.7. The van der Waals surface area contributed by atoms with Gasteiger partial charge in [-0.1, -0.05) is 55.5 Å². The molecule has 2 saturated heterocycles. The molecule has 2 fully saturated rings. The van der Waals surface area contributed by atoms with E-state index in [1.165, 1.54) is 5.56 Å². The topological polar surface area (TPSA) is 49.9 Å². The molecule has 26 heavy (non-hydrogen) atoms. The highest BCUT2D eigenvalue weighted by Gasteiger charge is 2.62. The van der Waals surface area contributed by atoms with Crippen molar-refractivity contribution in [1.82, 2.24) is 4.90 Å². The van der Waals surface area contributed by atoms with E-state index in [0.29, 0.717) is 6.61 Å². The van der Waals surface area contributed by atoms with E-state index in [4.69, 9.17) is 4.74 Å². The van der Waals surface area contributed by atoms with Crippen molar-refractivity contribution in [1.29, 1.82) is 0 Å². The molecule has 0 spiro atoms. The molecule has 3 aliphatic rings. The Morgan fingerprint density at radius 3 is 2.54 bits per heavy atom. The molecule has 0 aliphatic carbocycles. The standard InChI is InChI=1S/C21H20N2O3/c1-2-14-15-10-6-7-11-16(15)22-18(14)19(20(22)24)23-17(12-26-21(23)25)13-8-4-3-5-9-13/h3-11,14,17-19H,2,12H2,1H3/t14-,17-,18-,19+/m1/s1. The fourth-order valence-corrected chi connectivity index (χ4v) is 4.79. The second-order valence-corrected chi connectivity index (χ2v) is 7.13. The molecule has 2 aromatic rings. The maximum atomic E-state index is 13.1. The van der Waals surface area contributed by atoms with Crippen molar-refractivity contribution in [3.05, 3.63) is 65.7 Å². The van der Waals surface area contributed by atoms with Gasteiger partial charge in [0.25, 0.3) is 5.91 Å². The van der Waals surface area contributed by atoms with Gasteiger partial charge in [-0.15, -0.1) is 0 Å². The van der Waals surface area contributed by atoms with Crippen LogP contribution in [0, 0.1) is 0 Å². The van der Waals surface area contributed by atoms with Crippen LogP contribution >= 0.6 is 0 Å². The molecule has 5 nitrogen and oxygen atoms in total. The molecule has 2 aromatic carbocycles. The van der Waals surface area contributed by atoms with Gasteiger partial charge in [0.2, 0.25) is 0 Å². The van der Waals surface area contributed by atoms with Crippen molar-refractivity contribution in [3.8, 4) is 0 Å². The van der Waals surface area contributed by atoms with E-state index in [0.717, 1.165) is 17.7 Å². The maximum Gasteiger partial charge on any atom is 0.411 e. The number of carbonyl (C=O) groups excluding carboxylic acids is 2. The normalized spacial score (nSPS) is 29.3. The summed E-state index contributed by atoms with van der Waals surface area (Å²) in [6.45, 7) is 2.44. The summed E-state index contributed by atoms with van der Waals surface area (Å²) in [6.07, 6.45) is 0.545. The Kier molecular flexibility index (Phi) is 3.32. The first-order valence-electron chi connectivity index (χ1n) is 9.14. The SMILES string of the molecule is CC[C@@H]1c2ccccc2N2C(=O)[C@@H](N3C(=O)OC[C@@H]3c3ccccc3)[C@@H]12. The van der Waals surface area contributed by atoms with Gasteiger partial charge < -0.3 is 9.64 Å². The van der Waals surface area contributed by atoms with Crippen molar-refractivity contribution in [2.24, 2.45) is 0 Å². The van der Waals surface area contributed by atoms with E-state index in [-0.39, 0.29) is 30.0 Å². The van der Waals surface area contributed by atoms with Gasteiger partial charge in [0.1, 0.15) is 12.6 Å². The van der Waals surface area contributed by atoms with E-state index in [9.17, 15) is 9.59 Å². The summed E-state index contributed by atoms with van der Waals surface area (Å²) in [5.41, 5.74) is 3.21. The van der Waals surface area contributed by atoms with Crippen LogP contribution in [-0.4, -0.2) is 35.6 Å². The number of cyclic esters (lactones) is 1. The van der Waals surface area contributed by atoms with Crippen LogP contribution < -0.4 is 4.90 Å². The molecule has 3 heterocycles. The van der Waals surface area contributed by atoms with E-state index >= 15 is 0 Å². The fourth-order valence-electron chi connectivity index (χ4n) is 4.79. The lowest BCUT2D eigenvalue weighted by molar-refractivity contribution is -0.131. The minimum absolute atomic E-state index is 0.00163. The average Bonchev–Trinajstić information content (AvgIpc) is 3.18. The van der Waals surface area contributed by atoms with Crippen LogP contribution in [0.2, 0.25) is 0 Å². The maximum absolute atomic E-state index is 13.1. The van der Waals surface area contributed by atoms with Crippen LogP contribution in [0.5, 0.6) is 0 Å². The highest BCUT2D eigenvalue weighted by Crippen LogP contribution is 2.52. The lowest BCUT2D eigenvalue weighted by Crippen LogP contribution is -2.71. The molecule has 132 valence electrons. The number of benzene rings is 2. The molecule has 0 bridgehead atoms. The summed E-state index contributed by atoms with van der Waals surface area (Å²) in [5, 5.41) is 0. The Hall–Kier alpha value is -2.82. The quantitative estimate of drug-likeness (QED) is 0.798. The number of rotatable bonds is 3. The number of amides is 2. The number of carbonyl (C=O) groups is 2. The van der Waals surface area contributed by atoms with Gasteiger partial charge in [0.05, 0.1) is 12.1 Å². The van der Waals surface area contributed by atoms with Crippen molar-refractivity contribution < 1.29 is 14.3 Å². The molecule has 0 N–H and O–H groups in total. The monoisotopic (exact) mass is 348 g/mol. The number of hydrogen-bond acceptors (Lipinski definition) is 3. The predicted molar refractivity (Wildman–Crippen MR) is 96.9 cm³/mol. The molecule has 4 atom stereocenters. The zero-order valence-electron chi connectivity index (χ0n) is 14.5. The average molecular weight is 348 g/mol. The van der Waals surface area contributed by atoms with Crippen molar-refractivity contribution in [2.75, 3.05) is 11.5 Å². The molecule has 5 rings (SSSR count). The first-order valence-corrected chi connectivity index (χ1v) is 9.14. The van der Waals surface area contributed by atoms with Gasteiger partial charge in [-0.2, -0.15) is 0 Å². The van der Waals surface area contributed by atoms with Gasteiger partial charge in [-0.05, 0) is 23.6 Å². The van der Waals surface area contributed by atoms with E-state index in [1.807, 2.05) is 53.4 Å². The Morgan fingerprint density at radius 2 is 1.77 bits per heavy atom. The lowest BCUT2D eigenvalue weighted by Gasteiger charge is -2.49. The number of hydrogen-bond donors (Lipinski definition) is 0. The van der Waals surface area contributed by atoms with Crippen LogP contribution in [0.15, 0.2) is 54.6 Å².